The molecule has 0 saturated carbocycles. The van der Waals surface area contributed by atoms with E-state index >= 15 is 0 Å². The second-order valence-corrected chi connectivity index (χ2v) is 6.86. The van der Waals surface area contributed by atoms with E-state index in [0.29, 0.717) is 5.92 Å². The molecule has 0 aromatic rings. The predicted octanol–water partition coefficient (Wildman–Crippen LogP) is 7.50. The van der Waals surface area contributed by atoms with E-state index in [-0.39, 0.29) is 11.0 Å². The van der Waals surface area contributed by atoms with Gasteiger partial charge in [-0.1, -0.05) is 85.5 Å². The molecule has 3 N–H and O–H groups in total. The molecule has 0 radical (unpaired) electrons. The summed E-state index contributed by atoms with van der Waals surface area (Å²) in [5.74, 6) is 0.712. The van der Waals surface area contributed by atoms with Crippen LogP contribution in [0.3, 0.4) is 0 Å². The third kappa shape index (κ3) is 9.23. The lowest BCUT2D eigenvalue weighted by atomic mass is 9.81. The zero-order valence-electron chi connectivity index (χ0n) is 14.6. The first kappa shape index (κ1) is 22.5. The lowest BCUT2D eigenvalue weighted by Gasteiger charge is -2.33. The summed E-state index contributed by atoms with van der Waals surface area (Å²) in [5.41, 5.74) is 0. The number of hydrogen-bond donors (Lipinski definition) is 1. The third-order valence-corrected chi connectivity index (χ3v) is 5.65. The van der Waals surface area contributed by atoms with Gasteiger partial charge in [0.2, 0.25) is 0 Å². The van der Waals surface area contributed by atoms with Crippen LogP contribution in [-0.4, -0.2) is 4.87 Å². The quantitative estimate of drug-likeness (QED) is 0.277. The van der Waals surface area contributed by atoms with Crippen LogP contribution in [0.4, 0.5) is 0 Å². The maximum atomic E-state index is 6.77. The van der Waals surface area contributed by atoms with Crippen LogP contribution in [0.15, 0.2) is 0 Å². The molecule has 0 fully saturated rings. The van der Waals surface area contributed by atoms with Crippen molar-refractivity contribution in [3.63, 3.8) is 0 Å². The summed E-state index contributed by atoms with van der Waals surface area (Å²) in [6, 6.07) is 0. The minimum atomic E-state index is 0. The molecule has 1 nitrogen and oxygen atoms in total. The summed E-state index contributed by atoms with van der Waals surface area (Å²) in [6.45, 7) is 9.07. The number of halogens is 1. The fourth-order valence-corrected chi connectivity index (χ4v) is 3.44. The Morgan fingerprint density at radius 3 is 1.60 bits per heavy atom. The smallest absolute Gasteiger partial charge is 0.0469 e. The zero-order valence-corrected chi connectivity index (χ0v) is 15.4. The van der Waals surface area contributed by atoms with Gasteiger partial charge in [0.25, 0.3) is 0 Å². The highest BCUT2D eigenvalue weighted by molar-refractivity contribution is 6.24. The minimum absolute atomic E-state index is 0. The molecule has 0 saturated heterocycles. The summed E-state index contributed by atoms with van der Waals surface area (Å²) in [7, 11) is 0. The topological polar surface area (TPSA) is 35.0 Å². The highest BCUT2D eigenvalue weighted by Crippen LogP contribution is 2.38. The van der Waals surface area contributed by atoms with E-state index in [1.165, 1.54) is 64.2 Å². The minimum Gasteiger partial charge on any atom is -0.344 e. The van der Waals surface area contributed by atoms with Gasteiger partial charge in [0.15, 0.2) is 0 Å². The maximum Gasteiger partial charge on any atom is 0.0469 e. The van der Waals surface area contributed by atoms with E-state index < -0.39 is 0 Å². The van der Waals surface area contributed by atoms with Crippen LogP contribution < -0.4 is 6.15 Å². The Labute approximate surface area is 133 Å². The van der Waals surface area contributed by atoms with Gasteiger partial charge in [-0.05, 0) is 25.2 Å². The molecule has 0 spiro atoms. The molecule has 1 unspecified atom stereocenters. The van der Waals surface area contributed by atoms with Gasteiger partial charge in [-0.15, -0.1) is 11.6 Å². The Hall–Kier alpha value is 0.250. The molecule has 0 aliphatic carbocycles. The summed E-state index contributed by atoms with van der Waals surface area (Å²) in [4.78, 5) is 0.0654. The van der Waals surface area contributed by atoms with E-state index in [0.717, 1.165) is 12.8 Å². The van der Waals surface area contributed by atoms with E-state index in [2.05, 4.69) is 27.7 Å². The Bertz CT molecular complexity index is 190. The first-order valence-electron chi connectivity index (χ1n) is 8.83. The van der Waals surface area contributed by atoms with Crippen molar-refractivity contribution >= 4 is 11.6 Å². The van der Waals surface area contributed by atoms with Gasteiger partial charge in [0.1, 0.15) is 0 Å². The second-order valence-electron chi connectivity index (χ2n) is 6.11. The van der Waals surface area contributed by atoms with Gasteiger partial charge < -0.3 is 6.15 Å². The lowest BCUT2D eigenvalue weighted by molar-refractivity contribution is 0.306. The van der Waals surface area contributed by atoms with Crippen molar-refractivity contribution in [1.82, 2.24) is 6.15 Å². The predicted molar refractivity (Wildman–Crippen MR) is 95.2 cm³/mol. The average molecular weight is 306 g/mol. The highest BCUT2D eigenvalue weighted by atomic mass is 35.5. The number of rotatable bonds is 13. The summed E-state index contributed by atoms with van der Waals surface area (Å²) in [5, 5.41) is 0. The van der Waals surface area contributed by atoms with Gasteiger partial charge in [0.05, 0.1) is 0 Å². The molecule has 0 aliphatic heterocycles. The zero-order chi connectivity index (χ0) is 14.6. The van der Waals surface area contributed by atoms with Crippen molar-refractivity contribution in [2.75, 3.05) is 0 Å². The van der Waals surface area contributed by atoms with Crippen molar-refractivity contribution in [1.29, 1.82) is 0 Å². The van der Waals surface area contributed by atoms with Crippen LogP contribution >= 0.6 is 11.6 Å². The van der Waals surface area contributed by atoms with Crippen LogP contribution in [0, 0.1) is 5.92 Å². The average Bonchev–Trinajstić information content (AvgIpc) is 2.45. The van der Waals surface area contributed by atoms with Gasteiger partial charge in [-0.3, -0.25) is 0 Å². The first-order chi connectivity index (χ1) is 9.14. The Kier molecular flexibility index (Phi) is 16.0. The molecular weight excluding hydrogens is 266 g/mol. The van der Waals surface area contributed by atoms with Crippen LogP contribution in [0.1, 0.15) is 105 Å². The molecule has 0 aromatic carbocycles. The number of alkyl halides is 1. The van der Waals surface area contributed by atoms with Gasteiger partial charge >= 0.3 is 0 Å². The van der Waals surface area contributed by atoms with Crippen molar-refractivity contribution in [3.8, 4) is 0 Å². The largest absolute Gasteiger partial charge is 0.344 e. The highest BCUT2D eigenvalue weighted by Gasteiger charge is 2.31. The van der Waals surface area contributed by atoms with Crippen LogP contribution in [0.5, 0.6) is 0 Å². The molecule has 0 heterocycles. The van der Waals surface area contributed by atoms with Gasteiger partial charge in [0, 0.05) is 4.87 Å². The molecule has 0 aromatic heterocycles. The maximum absolute atomic E-state index is 6.77. The Morgan fingerprint density at radius 1 is 0.750 bits per heavy atom. The molecule has 0 rings (SSSR count). The molecule has 20 heavy (non-hydrogen) atoms. The number of unbranched alkanes of at least 4 members (excludes halogenated alkanes) is 7. The summed E-state index contributed by atoms with van der Waals surface area (Å²) in [6.07, 6.45) is 16.1. The van der Waals surface area contributed by atoms with Crippen molar-refractivity contribution in [2.45, 2.75) is 110 Å². The normalized spacial score (nSPS) is 13.1. The molecule has 124 valence electrons. The summed E-state index contributed by atoms with van der Waals surface area (Å²) >= 11 is 6.77. The molecular formula is C18H40ClN. The van der Waals surface area contributed by atoms with E-state index in [4.69, 9.17) is 11.6 Å². The van der Waals surface area contributed by atoms with Crippen LogP contribution in [-0.2, 0) is 0 Å². The first-order valence-corrected chi connectivity index (χ1v) is 9.21. The third-order valence-electron chi connectivity index (χ3n) is 4.81. The number of hydrogen-bond acceptors (Lipinski definition) is 1. The standard InChI is InChI=1S/C18H37Cl.H3N/c1-5-9-10-11-12-13-14-15-16-17(6-2)18(19,7-3)8-4;/h17H,5-16H2,1-4H3;1H3. The summed E-state index contributed by atoms with van der Waals surface area (Å²) < 4.78 is 0. The van der Waals surface area contributed by atoms with Crippen molar-refractivity contribution < 1.29 is 0 Å². The molecule has 1 atom stereocenters. The second kappa shape index (κ2) is 14.2. The van der Waals surface area contributed by atoms with E-state index in [1.54, 1.807) is 0 Å². The molecule has 0 amide bonds. The molecule has 0 aliphatic rings. The van der Waals surface area contributed by atoms with Crippen LogP contribution in [0.2, 0.25) is 0 Å². The van der Waals surface area contributed by atoms with Crippen molar-refractivity contribution in [2.24, 2.45) is 5.92 Å². The Balaban J connectivity index is 0. The van der Waals surface area contributed by atoms with Crippen LogP contribution in [0.25, 0.3) is 0 Å². The van der Waals surface area contributed by atoms with E-state index in [1.807, 2.05) is 0 Å². The molecule has 2 heteroatoms. The van der Waals surface area contributed by atoms with Gasteiger partial charge in [-0.2, -0.15) is 0 Å². The van der Waals surface area contributed by atoms with Gasteiger partial charge in [-0.25, -0.2) is 0 Å². The van der Waals surface area contributed by atoms with E-state index in [9.17, 15) is 0 Å². The fraction of sp³-hybridized carbons (Fsp3) is 1.00. The SMILES string of the molecule is CCCCCCCCCCC(CC)C(Cl)(CC)CC.N. The molecule has 0 bridgehead atoms. The van der Waals surface area contributed by atoms with Crippen molar-refractivity contribution in [3.05, 3.63) is 0 Å². The monoisotopic (exact) mass is 305 g/mol. The fourth-order valence-electron chi connectivity index (χ4n) is 3.18. The lowest BCUT2D eigenvalue weighted by Crippen LogP contribution is -2.30. The Morgan fingerprint density at radius 2 is 1.20 bits per heavy atom.